The third-order valence-electron chi connectivity index (χ3n) is 6.40. The Labute approximate surface area is 248 Å². The number of hydrogen-bond acceptors (Lipinski definition) is 5. The molecule has 0 aliphatic carbocycles. The van der Waals surface area contributed by atoms with E-state index in [1.165, 1.54) is 17.0 Å². The number of benzene rings is 3. The number of nitrogens with zero attached hydrogens (tertiary/aromatic N) is 2. The molecule has 1 unspecified atom stereocenters. The van der Waals surface area contributed by atoms with Gasteiger partial charge in [-0.25, -0.2) is 8.42 Å². The average Bonchev–Trinajstić information content (AvgIpc) is 2.91. The summed E-state index contributed by atoms with van der Waals surface area (Å²) in [6.07, 6.45) is 0.329. The van der Waals surface area contributed by atoms with Crippen LogP contribution in [0.25, 0.3) is 0 Å². The topological polar surface area (TPSA) is 96.0 Å². The highest BCUT2D eigenvalue weighted by atomic mass is 35.5. The highest BCUT2D eigenvalue weighted by Crippen LogP contribution is 2.27. The van der Waals surface area contributed by atoms with E-state index in [1.54, 1.807) is 55.6 Å². The number of halogens is 1. The fourth-order valence-electron chi connectivity index (χ4n) is 4.27. The average molecular weight is 600 g/mol. The monoisotopic (exact) mass is 599 g/mol. The molecule has 0 aliphatic rings. The minimum atomic E-state index is -4.15. The maximum absolute atomic E-state index is 14.1. The first-order chi connectivity index (χ1) is 19.2. The number of nitrogens with one attached hydrogen (secondary N) is 1. The molecule has 0 spiro atoms. The van der Waals surface area contributed by atoms with Crippen LogP contribution >= 0.6 is 11.6 Å². The van der Waals surface area contributed by atoms with Crippen molar-refractivity contribution in [3.05, 3.63) is 88.9 Å². The number of methoxy groups -OCH3 is 1. The highest BCUT2D eigenvalue weighted by Gasteiger charge is 2.34. The lowest BCUT2D eigenvalue weighted by Crippen LogP contribution is -2.55. The zero-order valence-electron chi connectivity index (χ0n) is 24.3. The molecule has 0 aromatic heterocycles. The predicted octanol–water partition coefficient (Wildman–Crippen LogP) is 5.57. The SMILES string of the molecule is CCC(C(=O)NC(C)(C)C)N(Cc1ccc(OC)cc1)C(=O)CN(c1ccc(Cl)cc1)S(=O)(=O)c1ccc(C)cc1. The molecule has 41 heavy (non-hydrogen) atoms. The van der Waals surface area contributed by atoms with Crippen molar-refractivity contribution in [2.24, 2.45) is 0 Å². The summed E-state index contributed by atoms with van der Waals surface area (Å²) < 4.78 is 34.1. The van der Waals surface area contributed by atoms with Gasteiger partial charge in [-0.15, -0.1) is 0 Å². The second-order valence-corrected chi connectivity index (χ2v) is 13.1. The van der Waals surface area contributed by atoms with Gasteiger partial charge in [-0.1, -0.05) is 48.4 Å². The van der Waals surface area contributed by atoms with Gasteiger partial charge in [0.2, 0.25) is 11.8 Å². The normalized spacial score (nSPS) is 12.4. The van der Waals surface area contributed by atoms with Gasteiger partial charge in [-0.2, -0.15) is 0 Å². The van der Waals surface area contributed by atoms with Crippen molar-refractivity contribution in [1.82, 2.24) is 10.2 Å². The lowest BCUT2D eigenvalue weighted by molar-refractivity contribution is -0.141. The molecule has 8 nitrogen and oxygen atoms in total. The molecule has 0 saturated heterocycles. The smallest absolute Gasteiger partial charge is 0.264 e. The molecular formula is C31H38ClN3O5S. The first kappa shape index (κ1) is 32.0. The van der Waals surface area contributed by atoms with Crippen LogP contribution in [0.15, 0.2) is 77.7 Å². The molecule has 0 fully saturated rings. The lowest BCUT2D eigenvalue weighted by atomic mass is 10.1. The Morgan fingerprint density at radius 3 is 2.05 bits per heavy atom. The van der Waals surface area contributed by atoms with Crippen LogP contribution in [-0.4, -0.2) is 50.4 Å². The third kappa shape index (κ3) is 8.47. The minimum Gasteiger partial charge on any atom is -0.497 e. The van der Waals surface area contributed by atoms with E-state index in [9.17, 15) is 18.0 Å². The molecule has 1 N–H and O–H groups in total. The lowest BCUT2D eigenvalue weighted by Gasteiger charge is -2.34. The summed E-state index contributed by atoms with van der Waals surface area (Å²) in [5.74, 6) is -0.189. The van der Waals surface area contributed by atoms with E-state index in [0.29, 0.717) is 17.2 Å². The summed E-state index contributed by atoms with van der Waals surface area (Å²) in [5, 5.41) is 3.39. The summed E-state index contributed by atoms with van der Waals surface area (Å²) in [5.41, 5.74) is 1.42. The number of rotatable bonds is 11. The van der Waals surface area contributed by atoms with Crippen LogP contribution in [-0.2, 0) is 26.2 Å². The van der Waals surface area contributed by atoms with Gasteiger partial charge in [0.1, 0.15) is 18.3 Å². The quantitative estimate of drug-likeness (QED) is 0.311. The molecule has 220 valence electrons. The van der Waals surface area contributed by atoms with E-state index in [4.69, 9.17) is 16.3 Å². The van der Waals surface area contributed by atoms with Gasteiger partial charge >= 0.3 is 0 Å². The molecule has 0 saturated carbocycles. The van der Waals surface area contributed by atoms with Crippen molar-refractivity contribution in [3.8, 4) is 5.75 Å². The Bertz CT molecular complexity index is 1440. The minimum absolute atomic E-state index is 0.0464. The van der Waals surface area contributed by atoms with Gasteiger partial charge < -0.3 is 15.0 Å². The maximum atomic E-state index is 14.1. The molecule has 3 rings (SSSR count). The molecule has 3 aromatic carbocycles. The van der Waals surface area contributed by atoms with Crippen LogP contribution in [0.2, 0.25) is 5.02 Å². The Kier molecular flexibility index (Phi) is 10.4. The molecule has 0 bridgehead atoms. The van der Waals surface area contributed by atoms with Crippen LogP contribution in [0.4, 0.5) is 5.69 Å². The molecule has 2 amide bonds. The first-order valence-electron chi connectivity index (χ1n) is 13.3. The second-order valence-electron chi connectivity index (χ2n) is 10.8. The summed E-state index contributed by atoms with van der Waals surface area (Å²) in [6, 6.07) is 19.0. The van der Waals surface area contributed by atoms with E-state index in [2.05, 4.69) is 5.32 Å². The predicted molar refractivity (Wildman–Crippen MR) is 163 cm³/mol. The van der Waals surface area contributed by atoms with Gasteiger partial charge in [0.15, 0.2) is 0 Å². The second kappa shape index (κ2) is 13.4. The van der Waals surface area contributed by atoms with E-state index >= 15 is 0 Å². The van der Waals surface area contributed by atoms with Gasteiger partial charge in [0, 0.05) is 17.1 Å². The number of amides is 2. The van der Waals surface area contributed by atoms with E-state index in [1.807, 2.05) is 46.8 Å². The van der Waals surface area contributed by atoms with E-state index < -0.39 is 34.1 Å². The molecular weight excluding hydrogens is 562 g/mol. The Morgan fingerprint density at radius 2 is 1.54 bits per heavy atom. The van der Waals surface area contributed by atoms with Crippen molar-refractivity contribution in [1.29, 1.82) is 0 Å². The molecule has 0 heterocycles. The summed E-state index contributed by atoms with van der Waals surface area (Å²) in [4.78, 5) is 29.0. The molecule has 10 heteroatoms. The number of hydrogen-bond donors (Lipinski definition) is 1. The van der Waals surface area contributed by atoms with Gasteiger partial charge in [-0.3, -0.25) is 13.9 Å². The van der Waals surface area contributed by atoms with E-state index in [-0.39, 0.29) is 23.0 Å². The summed E-state index contributed by atoms with van der Waals surface area (Å²) in [7, 11) is -2.59. The van der Waals surface area contributed by atoms with Crippen molar-refractivity contribution >= 4 is 39.1 Å². The number of ether oxygens (including phenoxy) is 1. The fourth-order valence-corrected chi connectivity index (χ4v) is 5.81. The Hall–Kier alpha value is -3.56. The largest absolute Gasteiger partial charge is 0.497 e. The van der Waals surface area contributed by atoms with Crippen LogP contribution in [0.3, 0.4) is 0 Å². The van der Waals surface area contributed by atoms with Crippen LogP contribution in [0.5, 0.6) is 5.75 Å². The van der Waals surface area contributed by atoms with Gasteiger partial charge in [0.05, 0.1) is 17.7 Å². The number of anilines is 1. The number of carbonyl (C=O) groups is 2. The van der Waals surface area contributed by atoms with Gasteiger partial charge in [-0.05, 0) is 88.2 Å². The first-order valence-corrected chi connectivity index (χ1v) is 15.2. The standard InChI is InChI=1S/C31H38ClN3O5S/c1-7-28(30(37)33-31(3,4)5)34(20-23-10-16-26(40-6)17-11-23)29(36)21-35(25-14-12-24(32)13-15-25)41(38,39)27-18-8-22(2)9-19-27/h8-19,28H,7,20-21H2,1-6H3,(H,33,37). The zero-order valence-corrected chi connectivity index (χ0v) is 25.9. The molecule has 0 aliphatic heterocycles. The number of sulfonamides is 1. The van der Waals surface area contributed by atoms with Crippen molar-refractivity contribution in [3.63, 3.8) is 0 Å². The Morgan fingerprint density at radius 1 is 0.951 bits per heavy atom. The van der Waals surface area contributed by atoms with Crippen LogP contribution in [0.1, 0.15) is 45.2 Å². The van der Waals surface area contributed by atoms with Crippen molar-refractivity contribution in [2.75, 3.05) is 18.0 Å². The van der Waals surface area contributed by atoms with Gasteiger partial charge in [0.25, 0.3) is 10.0 Å². The van der Waals surface area contributed by atoms with Crippen molar-refractivity contribution < 1.29 is 22.7 Å². The van der Waals surface area contributed by atoms with Crippen LogP contribution < -0.4 is 14.4 Å². The summed E-state index contributed by atoms with van der Waals surface area (Å²) in [6.45, 7) is 8.85. The highest BCUT2D eigenvalue weighted by molar-refractivity contribution is 7.92. The molecule has 1 atom stereocenters. The van der Waals surface area contributed by atoms with Crippen molar-refractivity contribution in [2.45, 2.75) is 64.1 Å². The maximum Gasteiger partial charge on any atom is 0.264 e. The number of aryl methyl sites for hydroxylation is 1. The number of carbonyl (C=O) groups excluding carboxylic acids is 2. The van der Waals surface area contributed by atoms with Crippen LogP contribution in [0, 0.1) is 6.92 Å². The van der Waals surface area contributed by atoms with E-state index in [0.717, 1.165) is 15.4 Å². The molecule has 0 radical (unpaired) electrons. The molecule has 3 aromatic rings. The summed E-state index contributed by atoms with van der Waals surface area (Å²) >= 11 is 6.08. The Balaban J connectivity index is 2.06. The zero-order chi connectivity index (χ0) is 30.4. The third-order valence-corrected chi connectivity index (χ3v) is 8.44. The fraction of sp³-hybridized carbons (Fsp3) is 0.355.